The lowest BCUT2D eigenvalue weighted by Crippen LogP contribution is -2.53. The van der Waals surface area contributed by atoms with Gasteiger partial charge in [-0.25, -0.2) is 0 Å². The third kappa shape index (κ3) is 4.29. The molecule has 2 unspecified atom stereocenters. The highest BCUT2D eigenvalue weighted by atomic mass is 16.5. The molecule has 1 fully saturated rings. The summed E-state index contributed by atoms with van der Waals surface area (Å²) in [6, 6.07) is 7.15. The number of hydrogen-bond donors (Lipinski definition) is 1. The van der Waals surface area contributed by atoms with E-state index in [0.29, 0.717) is 12.1 Å². The fourth-order valence-corrected chi connectivity index (χ4v) is 3.33. The molecule has 0 amide bonds. The largest absolute Gasteiger partial charge is 0.370 e. The fourth-order valence-electron chi connectivity index (χ4n) is 3.33. The lowest BCUT2D eigenvalue weighted by molar-refractivity contribution is -0.129. The minimum absolute atomic E-state index is 0.0564. The molecule has 1 aliphatic heterocycles. The van der Waals surface area contributed by atoms with Crippen LogP contribution in [0.1, 0.15) is 43.5 Å². The van der Waals surface area contributed by atoms with Crippen LogP contribution in [0.4, 0.5) is 0 Å². The molecule has 0 bridgehead atoms. The van der Waals surface area contributed by atoms with Crippen LogP contribution >= 0.6 is 0 Å². The summed E-state index contributed by atoms with van der Waals surface area (Å²) in [5.74, 6) is 0. The van der Waals surface area contributed by atoms with E-state index in [2.05, 4.69) is 70.1 Å². The van der Waals surface area contributed by atoms with Crippen LogP contribution in [0.15, 0.2) is 18.2 Å². The second kappa shape index (κ2) is 6.47. The molecular weight excluding hydrogens is 260 g/mol. The lowest BCUT2D eigenvalue weighted by atomic mass is 9.99. The Hall–Kier alpha value is -0.900. The Morgan fingerprint density at radius 1 is 1.33 bits per heavy atom. The Morgan fingerprint density at radius 3 is 2.62 bits per heavy atom. The number of ether oxygens (including phenoxy) is 1. The van der Waals surface area contributed by atoms with Crippen molar-refractivity contribution in [2.45, 2.75) is 52.4 Å². The van der Waals surface area contributed by atoms with Gasteiger partial charge in [-0.3, -0.25) is 4.90 Å². The van der Waals surface area contributed by atoms with Crippen LogP contribution < -0.4 is 5.32 Å². The molecule has 0 spiro atoms. The summed E-state index contributed by atoms with van der Waals surface area (Å²) in [4.78, 5) is 2.52. The Labute approximate surface area is 129 Å². The van der Waals surface area contributed by atoms with Gasteiger partial charge in [0.05, 0.1) is 11.7 Å². The van der Waals surface area contributed by atoms with Crippen molar-refractivity contribution in [3.05, 3.63) is 34.9 Å². The van der Waals surface area contributed by atoms with Crippen molar-refractivity contribution in [2.75, 3.05) is 26.7 Å². The highest BCUT2D eigenvalue weighted by Gasteiger charge is 2.32. The zero-order chi connectivity index (χ0) is 15.6. The van der Waals surface area contributed by atoms with Crippen molar-refractivity contribution in [3.8, 4) is 0 Å². The molecule has 0 radical (unpaired) electrons. The topological polar surface area (TPSA) is 24.5 Å². The molecule has 0 aromatic heterocycles. The van der Waals surface area contributed by atoms with Crippen LogP contribution in [-0.2, 0) is 4.74 Å². The summed E-state index contributed by atoms with van der Waals surface area (Å²) in [5.41, 5.74) is 4.04. The molecule has 1 aliphatic rings. The fraction of sp³-hybridized carbons (Fsp3) is 0.667. The van der Waals surface area contributed by atoms with Crippen LogP contribution in [0.2, 0.25) is 0 Å². The maximum Gasteiger partial charge on any atom is 0.0757 e. The summed E-state index contributed by atoms with van der Waals surface area (Å²) < 4.78 is 6.00. The van der Waals surface area contributed by atoms with Crippen LogP contribution in [0, 0.1) is 13.8 Å². The predicted molar refractivity (Wildman–Crippen MR) is 88.8 cm³/mol. The van der Waals surface area contributed by atoms with E-state index in [4.69, 9.17) is 4.74 Å². The number of morpholine rings is 1. The normalized spacial score (nSPS) is 24.0. The summed E-state index contributed by atoms with van der Waals surface area (Å²) in [6.45, 7) is 13.9. The average Bonchev–Trinajstić information content (AvgIpc) is 2.37. The van der Waals surface area contributed by atoms with Gasteiger partial charge in [-0.05, 0) is 58.4 Å². The number of hydrogen-bond acceptors (Lipinski definition) is 3. The van der Waals surface area contributed by atoms with Crippen LogP contribution in [0.3, 0.4) is 0 Å². The molecule has 1 heterocycles. The van der Waals surface area contributed by atoms with Crippen LogP contribution in [0.5, 0.6) is 0 Å². The van der Waals surface area contributed by atoms with Gasteiger partial charge in [-0.1, -0.05) is 18.2 Å². The minimum Gasteiger partial charge on any atom is -0.370 e. The zero-order valence-corrected chi connectivity index (χ0v) is 14.4. The highest BCUT2D eigenvalue weighted by molar-refractivity contribution is 5.31. The number of nitrogens with zero attached hydrogens (tertiary/aromatic N) is 1. The van der Waals surface area contributed by atoms with E-state index in [-0.39, 0.29) is 5.60 Å². The molecule has 0 aliphatic carbocycles. The van der Waals surface area contributed by atoms with E-state index in [1.54, 1.807) is 0 Å². The molecule has 3 nitrogen and oxygen atoms in total. The van der Waals surface area contributed by atoms with Crippen molar-refractivity contribution in [1.29, 1.82) is 0 Å². The predicted octanol–water partition coefficient (Wildman–Crippen LogP) is 3.06. The number of rotatable bonds is 4. The SMILES string of the molecule is CNC(CN1CC(C)OC(C)(C)C1)c1ccc(C)c(C)c1. The van der Waals surface area contributed by atoms with E-state index in [1.165, 1.54) is 16.7 Å². The molecule has 1 aromatic carbocycles. The minimum atomic E-state index is -0.0564. The third-order valence-electron chi connectivity index (χ3n) is 4.36. The van der Waals surface area contributed by atoms with Gasteiger partial charge in [0.15, 0.2) is 0 Å². The van der Waals surface area contributed by atoms with Crippen molar-refractivity contribution in [2.24, 2.45) is 0 Å². The third-order valence-corrected chi connectivity index (χ3v) is 4.36. The van der Waals surface area contributed by atoms with Gasteiger partial charge in [-0.15, -0.1) is 0 Å². The first-order chi connectivity index (χ1) is 9.80. The number of nitrogens with one attached hydrogen (secondary N) is 1. The van der Waals surface area contributed by atoms with E-state index < -0.39 is 0 Å². The van der Waals surface area contributed by atoms with E-state index in [0.717, 1.165) is 19.6 Å². The second-order valence-corrected chi connectivity index (χ2v) is 7.07. The monoisotopic (exact) mass is 290 g/mol. The first-order valence-corrected chi connectivity index (χ1v) is 7.95. The molecule has 3 heteroatoms. The molecule has 1 aromatic rings. The van der Waals surface area contributed by atoms with Gasteiger partial charge in [0, 0.05) is 25.7 Å². The van der Waals surface area contributed by atoms with Gasteiger partial charge in [-0.2, -0.15) is 0 Å². The summed E-state index contributed by atoms with van der Waals surface area (Å²) in [7, 11) is 2.05. The summed E-state index contributed by atoms with van der Waals surface area (Å²) in [6.07, 6.45) is 0.297. The first kappa shape index (κ1) is 16.5. The molecule has 0 saturated carbocycles. The zero-order valence-electron chi connectivity index (χ0n) is 14.4. The van der Waals surface area contributed by atoms with E-state index >= 15 is 0 Å². The quantitative estimate of drug-likeness (QED) is 0.922. The van der Waals surface area contributed by atoms with Crippen molar-refractivity contribution in [3.63, 3.8) is 0 Å². The van der Waals surface area contributed by atoms with Gasteiger partial charge >= 0.3 is 0 Å². The Bertz CT molecular complexity index is 484. The van der Waals surface area contributed by atoms with Gasteiger partial charge < -0.3 is 10.1 Å². The number of benzene rings is 1. The number of aryl methyl sites for hydroxylation is 2. The Balaban J connectivity index is 2.09. The first-order valence-electron chi connectivity index (χ1n) is 7.95. The molecule has 1 saturated heterocycles. The van der Waals surface area contributed by atoms with Gasteiger partial charge in [0.2, 0.25) is 0 Å². The van der Waals surface area contributed by atoms with E-state index in [9.17, 15) is 0 Å². The van der Waals surface area contributed by atoms with Crippen LogP contribution in [-0.4, -0.2) is 43.3 Å². The van der Waals surface area contributed by atoms with Crippen molar-refractivity contribution < 1.29 is 4.74 Å². The highest BCUT2D eigenvalue weighted by Crippen LogP contribution is 2.24. The summed E-state index contributed by atoms with van der Waals surface area (Å²) >= 11 is 0. The lowest BCUT2D eigenvalue weighted by Gasteiger charge is -2.43. The number of likely N-dealkylation sites (N-methyl/N-ethyl adjacent to an activating group) is 1. The van der Waals surface area contributed by atoms with Crippen LogP contribution in [0.25, 0.3) is 0 Å². The molecule has 118 valence electrons. The smallest absolute Gasteiger partial charge is 0.0757 e. The van der Waals surface area contributed by atoms with Crippen molar-refractivity contribution in [1.82, 2.24) is 10.2 Å². The molecule has 2 atom stereocenters. The summed E-state index contributed by atoms with van der Waals surface area (Å²) in [5, 5.41) is 3.47. The maximum absolute atomic E-state index is 6.00. The molecule has 2 rings (SSSR count). The van der Waals surface area contributed by atoms with E-state index in [1.807, 2.05) is 0 Å². The second-order valence-electron chi connectivity index (χ2n) is 7.07. The molecule has 1 N–H and O–H groups in total. The Morgan fingerprint density at radius 2 is 2.05 bits per heavy atom. The van der Waals surface area contributed by atoms with Crippen molar-refractivity contribution >= 4 is 0 Å². The standard InChI is InChI=1S/C18H30N2O/c1-13-7-8-16(9-14(13)2)17(19-6)11-20-10-15(3)21-18(4,5)12-20/h7-9,15,17,19H,10-12H2,1-6H3. The van der Waals surface area contributed by atoms with Gasteiger partial charge in [0.1, 0.15) is 0 Å². The average molecular weight is 290 g/mol. The van der Waals surface area contributed by atoms with Gasteiger partial charge in [0.25, 0.3) is 0 Å². The molecule has 21 heavy (non-hydrogen) atoms. The molecular formula is C18H30N2O. The maximum atomic E-state index is 6.00. The Kier molecular flexibility index (Phi) is 5.07.